The normalized spacial score (nSPS) is 10.9. The van der Waals surface area contributed by atoms with Gasteiger partial charge in [0.15, 0.2) is 0 Å². The van der Waals surface area contributed by atoms with E-state index in [9.17, 15) is 0 Å². The SMILES string of the molecule is NCCCCc1cc2ccccc2o1. The average Bonchev–Trinajstić information content (AvgIpc) is 2.60. The van der Waals surface area contributed by atoms with Crippen molar-refractivity contribution in [3.8, 4) is 0 Å². The number of nitrogens with two attached hydrogens (primary N) is 1. The van der Waals surface area contributed by atoms with Crippen LogP contribution < -0.4 is 5.73 Å². The molecule has 0 unspecified atom stereocenters. The molecule has 0 amide bonds. The highest BCUT2D eigenvalue weighted by Gasteiger charge is 2.01. The van der Waals surface area contributed by atoms with Crippen LogP contribution >= 0.6 is 0 Å². The Bertz CT molecular complexity index is 372. The summed E-state index contributed by atoms with van der Waals surface area (Å²) in [4.78, 5) is 0. The van der Waals surface area contributed by atoms with Crippen molar-refractivity contribution < 1.29 is 4.42 Å². The summed E-state index contributed by atoms with van der Waals surface area (Å²) < 4.78 is 5.67. The molecule has 0 saturated carbocycles. The first kappa shape index (κ1) is 9.28. The standard InChI is InChI=1S/C12H15NO/c13-8-4-3-6-11-9-10-5-1-2-7-12(10)14-11/h1-2,5,7,9H,3-4,6,8,13H2. The summed E-state index contributed by atoms with van der Waals surface area (Å²) in [5.41, 5.74) is 6.42. The van der Waals surface area contributed by atoms with E-state index in [-0.39, 0.29) is 0 Å². The van der Waals surface area contributed by atoms with E-state index >= 15 is 0 Å². The summed E-state index contributed by atoms with van der Waals surface area (Å²) in [6, 6.07) is 10.2. The maximum Gasteiger partial charge on any atom is 0.134 e. The number of hydrogen-bond donors (Lipinski definition) is 1. The lowest BCUT2D eigenvalue weighted by molar-refractivity contribution is 0.534. The maximum atomic E-state index is 5.67. The van der Waals surface area contributed by atoms with Gasteiger partial charge in [-0.2, -0.15) is 0 Å². The Balaban J connectivity index is 2.11. The molecule has 1 heterocycles. The van der Waals surface area contributed by atoms with E-state index in [4.69, 9.17) is 10.2 Å². The highest BCUT2D eigenvalue weighted by Crippen LogP contribution is 2.19. The molecule has 0 aliphatic rings. The third-order valence-electron chi connectivity index (χ3n) is 2.35. The Hall–Kier alpha value is -1.28. The van der Waals surface area contributed by atoms with Crippen molar-refractivity contribution in [1.29, 1.82) is 0 Å². The van der Waals surface area contributed by atoms with E-state index in [1.807, 2.05) is 18.2 Å². The molecule has 0 atom stereocenters. The molecule has 1 aromatic carbocycles. The van der Waals surface area contributed by atoms with Gasteiger partial charge in [0.2, 0.25) is 0 Å². The van der Waals surface area contributed by atoms with Crippen molar-refractivity contribution in [2.24, 2.45) is 5.73 Å². The van der Waals surface area contributed by atoms with E-state index in [1.165, 1.54) is 5.39 Å². The number of rotatable bonds is 4. The van der Waals surface area contributed by atoms with Crippen LogP contribution in [0.3, 0.4) is 0 Å². The fourth-order valence-electron chi connectivity index (χ4n) is 1.60. The number of hydrogen-bond acceptors (Lipinski definition) is 2. The van der Waals surface area contributed by atoms with Crippen LogP contribution in [0.4, 0.5) is 0 Å². The smallest absolute Gasteiger partial charge is 0.134 e. The average molecular weight is 189 g/mol. The quantitative estimate of drug-likeness (QED) is 0.751. The van der Waals surface area contributed by atoms with Crippen LogP contribution in [0.15, 0.2) is 34.7 Å². The van der Waals surface area contributed by atoms with Crippen LogP contribution in [0.2, 0.25) is 0 Å². The van der Waals surface area contributed by atoms with Crippen molar-refractivity contribution in [3.63, 3.8) is 0 Å². The highest BCUT2D eigenvalue weighted by molar-refractivity contribution is 5.77. The van der Waals surface area contributed by atoms with Gasteiger partial charge in [-0.1, -0.05) is 18.2 Å². The number of unbranched alkanes of at least 4 members (excludes halogenated alkanes) is 1. The summed E-state index contributed by atoms with van der Waals surface area (Å²) in [7, 11) is 0. The van der Waals surface area contributed by atoms with Crippen molar-refractivity contribution in [2.75, 3.05) is 6.54 Å². The molecule has 74 valence electrons. The lowest BCUT2D eigenvalue weighted by Gasteiger charge is -1.93. The monoisotopic (exact) mass is 189 g/mol. The first-order chi connectivity index (χ1) is 6.90. The summed E-state index contributed by atoms with van der Waals surface area (Å²) in [6.45, 7) is 0.764. The molecule has 2 rings (SSSR count). The molecule has 0 spiro atoms. The minimum absolute atomic E-state index is 0.764. The number of aryl methyl sites for hydroxylation is 1. The van der Waals surface area contributed by atoms with Crippen molar-refractivity contribution in [2.45, 2.75) is 19.3 Å². The highest BCUT2D eigenvalue weighted by atomic mass is 16.3. The van der Waals surface area contributed by atoms with E-state index in [2.05, 4.69) is 12.1 Å². The van der Waals surface area contributed by atoms with Crippen LogP contribution in [0.5, 0.6) is 0 Å². The lowest BCUT2D eigenvalue weighted by Crippen LogP contribution is -1.98. The predicted octanol–water partition coefficient (Wildman–Crippen LogP) is 2.71. The van der Waals surface area contributed by atoms with E-state index in [0.29, 0.717) is 0 Å². The molecule has 0 fully saturated rings. The van der Waals surface area contributed by atoms with Gasteiger partial charge in [-0.25, -0.2) is 0 Å². The third-order valence-corrected chi connectivity index (χ3v) is 2.35. The molecular formula is C12H15NO. The molecule has 0 bridgehead atoms. The van der Waals surface area contributed by atoms with Gasteiger partial charge in [0.05, 0.1) is 0 Å². The zero-order valence-electron chi connectivity index (χ0n) is 8.20. The van der Waals surface area contributed by atoms with E-state index in [0.717, 1.165) is 37.2 Å². The van der Waals surface area contributed by atoms with E-state index in [1.54, 1.807) is 0 Å². The summed E-state index contributed by atoms with van der Waals surface area (Å²) in [5.74, 6) is 1.07. The second-order valence-electron chi connectivity index (χ2n) is 3.50. The lowest BCUT2D eigenvalue weighted by atomic mass is 10.2. The van der Waals surface area contributed by atoms with Crippen LogP contribution in [-0.4, -0.2) is 6.54 Å². The van der Waals surface area contributed by atoms with Crippen LogP contribution in [-0.2, 0) is 6.42 Å². The Morgan fingerprint density at radius 3 is 2.79 bits per heavy atom. The first-order valence-corrected chi connectivity index (χ1v) is 5.07. The minimum atomic E-state index is 0.764. The fraction of sp³-hybridized carbons (Fsp3) is 0.333. The zero-order chi connectivity index (χ0) is 9.80. The summed E-state index contributed by atoms with van der Waals surface area (Å²) >= 11 is 0. The Morgan fingerprint density at radius 1 is 1.14 bits per heavy atom. The van der Waals surface area contributed by atoms with E-state index < -0.39 is 0 Å². The summed E-state index contributed by atoms with van der Waals surface area (Å²) in [5, 5.41) is 1.19. The maximum absolute atomic E-state index is 5.67. The molecule has 0 saturated heterocycles. The predicted molar refractivity (Wildman–Crippen MR) is 58.2 cm³/mol. The van der Waals surface area contributed by atoms with Gasteiger partial charge < -0.3 is 10.2 Å². The van der Waals surface area contributed by atoms with Gasteiger partial charge in [-0.3, -0.25) is 0 Å². The van der Waals surface area contributed by atoms with Crippen molar-refractivity contribution in [3.05, 3.63) is 36.1 Å². The molecule has 0 aliphatic heterocycles. The topological polar surface area (TPSA) is 39.2 Å². The second kappa shape index (κ2) is 4.29. The van der Waals surface area contributed by atoms with Gasteiger partial charge in [-0.15, -0.1) is 0 Å². The number of fused-ring (bicyclic) bond motifs is 1. The van der Waals surface area contributed by atoms with Crippen LogP contribution in [0.25, 0.3) is 11.0 Å². The number of benzene rings is 1. The molecule has 14 heavy (non-hydrogen) atoms. The van der Waals surface area contributed by atoms with Gasteiger partial charge in [0.1, 0.15) is 11.3 Å². The summed E-state index contributed by atoms with van der Waals surface area (Å²) in [6.07, 6.45) is 3.17. The van der Waals surface area contributed by atoms with Gasteiger partial charge in [-0.05, 0) is 31.5 Å². The minimum Gasteiger partial charge on any atom is -0.461 e. The molecule has 0 aliphatic carbocycles. The first-order valence-electron chi connectivity index (χ1n) is 5.07. The van der Waals surface area contributed by atoms with Gasteiger partial charge >= 0.3 is 0 Å². The Morgan fingerprint density at radius 2 is 2.00 bits per heavy atom. The largest absolute Gasteiger partial charge is 0.461 e. The zero-order valence-corrected chi connectivity index (χ0v) is 8.20. The molecule has 2 N–H and O–H groups in total. The molecule has 2 aromatic rings. The fourth-order valence-corrected chi connectivity index (χ4v) is 1.60. The number of para-hydroxylation sites is 1. The second-order valence-corrected chi connectivity index (χ2v) is 3.50. The molecule has 2 heteroatoms. The molecule has 0 radical (unpaired) electrons. The third kappa shape index (κ3) is 1.96. The molecular weight excluding hydrogens is 174 g/mol. The van der Waals surface area contributed by atoms with Crippen molar-refractivity contribution >= 4 is 11.0 Å². The van der Waals surface area contributed by atoms with Crippen molar-refractivity contribution in [1.82, 2.24) is 0 Å². The number of furan rings is 1. The van der Waals surface area contributed by atoms with Gasteiger partial charge in [0, 0.05) is 11.8 Å². The molecule has 1 aromatic heterocycles. The van der Waals surface area contributed by atoms with Crippen LogP contribution in [0.1, 0.15) is 18.6 Å². The molecule has 2 nitrogen and oxygen atoms in total. The Labute approximate surface area is 83.7 Å². The Kier molecular flexibility index (Phi) is 2.84. The van der Waals surface area contributed by atoms with Crippen LogP contribution in [0, 0.1) is 0 Å². The van der Waals surface area contributed by atoms with Gasteiger partial charge in [0.25, 0.3) is 0 Å².